The van der Waals surface area contributed by atoms with Crippen molar-refractivity contribution in [3.05, 3.63) is 48.0 Å². The van der Waals surface area contributed by atoms with Gasteiger partial charge < -0.3 is 10.0 Å². The highest BCUT2D eigenvalue weighted by Crippen LogP contribution is 2.48. The number of aliphatic hydroxyl groups is 1. The molecular weight excluding hydrogens is 268 g/mol. The van der Waals surface area contributed by atoms with Crippen LogP contribution in [0.15, 0.2) is 52.3 Å². The minimum Gasteiger partial charge on any atom is -0.394 e. The fourth-order valence-corrected chi connectivity index (χ4v) is 3.46. The first-order valence-electron chi connectivity index (χ1n) is 6.45. The predicted octanol–water partition coefficient (Wildman–Crippen LogP) is 3.54. The zero-order valence-corrected chi connectivity index (χ0v) is 11.9. The Morgan fingerprint density at radius 1 is 1.20 bits per heavy atom. The van der Waals surface area contributed by atoms with Crippen LogP contribution in [0, 0.1) is 11.3 Å². The molecule has 0 saturated carbocycles. The maximum absolute atomic E-state index is 9.55. The van der Waals surface area contributed by atoms with Gasteiger partial charge in [0, 0.05) is 9.79 Å². The molecule has 3 rings (SSSR count). The van der Waals surface area contributed by atoms with Crippen LogP contribution in [-0.4, -0.2) is 17.8 Å². The Morgan fingerprint density at radius 3 is 2.70 bits per heavy atom. The third kappa shape index (κ3) is 2.05. The monoisotopic (exact) mass is 282 g/mol. The van der Waals surface area contributed by atoms with Crippen molar-refractivity contribution in [1.82, 2.24) is 0 Å². The summed E-state index contributed by atoms with van der Waals surface area (Å²) in [5.41, 5.74) is 2.72. The van der Waals surface area contributed by atoms with Crippen molar-refractivity contribution in [2.24, 2.45) is 0 Å². The van der Waals surface area contributed by atoms with Crippen LogP contribution in [0.25, 0.3) is 0 Å². The lowest BCUT2D eigenvalue weighted by Gasteiger charge is -2.36. The van der Waals surface area contributed by atoms with E-state index in [-0.39, 0.29) is 12.6 Å². The Hall–Kier alpha value is -1.96. The number of nitrogens with zero attached hydrogens (tertiary/aromatic N) is 2. The van der Waals surface area contributed by atoms with Gasteiger partial charge in [-0.15, -0.1) is 0 Å². The molecule has 1 aliphatic heterocycles. The Balaban J connectivity index is 2.19. The zero-order valence-electron chi connectivity index (χ0n) is 11.1. The molecule has 100 valence electrons. The molecule has 4 heteroatoms. The highest BCUT2D eigenvalue weighted by molar-refractivity contribution is 7.99. The molecule has 1 unspecified atom stereocenters. The summed E-state index contributed by atoms with van der Waals surface area (Å²) in [5.74, 6) is 0. The first-order chi connectivity index (χ1) is 9.74. The normalized spacial score (nSPS) is 14.2. The molecule has 2 aromatic carbocycles. The number of rotatable bonds is 2. The van der Waals surface area contributed by atoms with Gasteiger partial charge >= 0.3 is 0 Å². The fraction of sp³-hybridized carbons (Fsp3) is 0.188. The van der Waals surface area contributed by atoms with Crippen molar-refractivity contribution in [1.29, 1.82) is 5.26 Å². The lowest BCUT2D eigenvalue weighted by atomic mass is 10.1. The summed E-state index contributed by atoms with van der Waals surface area (Å²) in [6.07, 6.45) is 0. The summed E-state index contributed by atoms with van der Waals surface area (Å²) < 4.78 is 0. The highest BCUT2D eigenvalue weighted by Gasteiger charge is 2.26. The Morgan fingerprint density at radius 2 is 1.95 bits per heavy atom. The number of nitriles is 1. The van der Waals surface area contributed by atoms with Crippen LogP contribution >= 0.6 is 11.8 Å². The largest absolute Gasteiger partial charge is 0.394 e. The Kier molecular flexibility index (Phi) is 3.39. The van der Waals surface area contributed by atoms with Crippen molar-refractivity contribution < 1.29 is 5.11 Å². The average molecular weight is 282 g/mol. The van der Waals surface area contributed by atoms with Gasteiger partial charge in [0.2, 0.25) is 0 Å². The highest BCUT2D eigenvalue weighted by atomic mass is 32.2. The van der Waals surface area contributed by atoms with Crippen molar-refractivity contribution in [3.63, 3.8) is 0 Å². The summed E-state index contributed by atoms with van der Waals surface area (Å²) in [4.78, 5) is 4.40. The van der Waals surface area contributed by atoms with E-state index < -0.39 is 0 Å². The summed E-state index contributed by atoms with van der Waals surface area (Å²) >= 11 is 1.70. The third-order valence-corrected chi connectivity index (χ3v) is 4.53. The minimum atomic E-state index is -0.0373. The molecule has 20 heavy (non-hydrogen) atoms. The van der Waals surface area contributed by atoms with Crippen LogP contribution in [0.4, 0.5) is 11.4 Å². The number of hydrogen-bond acceptors (Lipinski definition) is 4. The fourth-order valence-electron chi connectivity index (χ4n) is 2.41. The standard InChI is InChI=1S/C16H14N2OS/c1-11(10-19)18-13-4-2-3-5-15(13)20-16-7-6-12(9-17)8-14(16)18/h2-8,11,19H,10H2,1H3. The summed E-state index contributed by atoms with van der Waals surface area (Å²) in [6.45, 7) is 2.05. The SMILES string of the molecule is CC(CO)N1c2ccccc2Sc2ccc(C#N)cc21. The molecule has 0 amide bonds. The van der Waals surface area contributed by atoms with E-state index in [1.807, 2.05) is 37.3 Å². The first kappa shape index (κ1) is 13.0. The van der Waals surface area contributed by atoms with Gasteiger partial charge in [-0.05, 0) is 37.3 Å². The van der Waals surface area contributed by atoms with E-state index in [4.69, 9.17) is 5.26 Å². The molecule has 0 fully saturated rings. The van der Waals surface area contributed by atoms with Gasteiger partial charge in [-0.25, -0.2) is 0 Å². The third-order valence-electron chi connectivity index (χ3n) is 3.40. The van der Waals surface area contributed by atoms with E-state index in [2.05, 4.69) is 23.1 Å². The summed E-state index contributed by atoms with van der Waals surface area (Å²) in [7, 11) is 0. The van der Waals surface area contributed by atoms with Gasteiger partial charge in [-0.3, -0.25) is 0 Å². The molecule has 0 radical (unpaired) electrons. The quantitative estimate of drug-likeness (QED) is 0.915. The smallest absolute Gasteiger partial charge is 0.0992 e. The molecule has 1 heterocycles. The molecule has 1 aliphatic rings. The second kappa shape index (κ2) is 5.20. The molecule has 2 aromatic rings. The van der Waals surface area contributed by atoms with Crippen molar-refractivity contribution in [2.75, 3.05) is 11.5 Å². The van der Waals surface area contributed by atoms with E-state index in [1.165, 1.54) is 4.90 Å². The average Bonchev–Trinajstić information content (AvgIpc) is 2.51. The van der Waals surface area contributed by atoms with Gasteiger partial charge in [-0.2, -0.15) is 5.26 Å². The number of aliphatic hydroxyl groups excluding tert-OH is 1. The van der Waals surface area contributed by atoms with E-state index in [0.717, 1.165) is 16.3 Å². The zero-order chi connectivity index (χ0) is 14.1. The van der Waals surface area contributed by atoms with Crippen molar-refractivity contribution >= 4 is 23.1 Å². The van der Waals surface area contributed by atoms with E-state index in [1.54, 1.807) is 11.8 Å². The number of fused-ring (bicyclic) bond motifs is 2. The van der Waals surface area contributed by atoms with Crippen LogP contribution in [0.2, 0.25) is 0 Å². The van der Waals surface area contributed by atoms with Gasteiger partial charge in [-0.1, -0.05) is 23.9 Å². The van der Waals surface area contributed by atoms with E-state index in [9.17, 15) is 5.11 Å². The topological polar surface area (TPSA) is 47.3 Å². The molecule has 1 N–H and O–H groups in total. The predicted molar refractivity (Wildman–Crippen MR) is 80.4 cm³/mol. The number of anilines is 2. The van der Waals surface area contributed by atoms with E-state index >= 15 is 0 Å². The lowest BCUT2D eigenvalue weighted by molar-refractivity contribution is 0.272. The number of hydrogen-bond donors (Lipinski definition) is 1. The lowest BCUT2D eigenvalue weighted by Crippen LogP contribution is -2.33. The van der Waals surface area contributed by atoms with Crippen LogP contribution < -0.4 is 4.90 Å². The van der Waals surface area contributed by atoms with Crippen LogP contribution in [0.5, 0.6) is 0 Å². The second-order valence-electron chi connectivity index (χ2n) is 4.77. The van der Waals surface area contributed by atoms with Gasteiger partial charge in [0.05, 0.1) is 35.7 Å². The molecule has 3 nitrogen and oxygen atoms in total. The molecule has 0 spiro atoms. The number of para-hydroxylation sites is 1. The maximum Gasteiger partial charge on any atom is 0.0992 e. The van der Waals surface area contributed by atoms with Gasteiger partial charge in [0.25, 0.3) is 0 Å². The molecule has 0 aromatic heterocycles. The molecule has 0 saturated heterocycles. The van der Waals surface area contributed by atoms with Gasteiger partial charge in [0.15, 0.2) is 0 Å². The molecular formula is C16H14N2OS. The first-order valence-corrected chi connectivity index (χ1v) is 7.27. The summed E-state index contributed by atoms with van der Waals surface area (Å²) in [5, 5.41) is 18.6. The molecule has 0 aliphatic carbocycles. The minimum absolute atomic E-state index is 0.0373. The Labute approximate surface area is 122 Å². The van der Waals surface area contributed by atoms with Crippen LogP contribution in [0.1, 0.15) is 12.5 Å². The van der Waals surface area contributed by atoms with E-state index in [0.29, 0.717) is 5.56 Å². The van der Waals surface area contributed by atoms with Crippen molar-refractivity contribution in [3.8, 4) is 6.07 Å². The second-order valence-corrected chi connectivity index (χ2v) is 5.85. The summed E-state index contributed by atoms with van der Waals surface area (Å²) in [6, 6.07) is 16.0. The molecule has 1 atom stereocenters. The van der Waals surface area contributed by atoms with Crippen LogP contribution in [-0.2, 0) is 0 Å². The molecule has 0 bridgehead atoms. The Bertz CT molecular complexity index is 693. The number of benzene rings is 2. The van der Waals surface area contributed by atoms with Gasteiger partial charge in [0.1, 0.15) is 0 Å². The van der Waals surface area contributed by atoms with Crippen LogP contribution in [0.3, 0.4) is 0 Å². The maximum atomic E-state index is 9.55. The van der Waals surface area contributed by atoms with Crippen molar-refractivity contribution in [2.45, 2.75) is 22.8 Å².